The van der Waals surface area contributed by atoms with E-state index < -0.39 is 0 Å². The Morgan fingerprint density at radius 2 is 1.67 bits per heavy atom. The minimum absolute atomic E-state index is 0.0494. The Bertz CT molecular complexity index is 849. The molecule has 21 heavy (non-hydrogen) atoms. The highest BCUT2D eigenvalue weighted by Crippen LogP contribution is 2.47. The lowest BCUT2D eigenvalue weighted by atomic mass is 9.88. The SMILES string of the molecule is C=C1Oc2ccc3ccccc3c2C1c1ccc(F)cc1. The van der Waals surface area contributed by atoms with Crippen molar-refractivity contribution >= 4 is 10.8 Å². The zero-order chi connectivity index (χ0) is 14.4. The van der Waals surface area contributed by atoms with Gasteiger partial charge < -0.3 is 4.74 Å². The second-order valence-corrected chi connectivity index (χ2v) is 5.25. The monoisotopic (exact) mass is 276 g/mol. The maximum absolute atomic E-state index is 13.2. The van der Waals surface area contributed by atoms with Gasteiger partial charge in [0, 0.05) is 5.56 Å². The van der Waals surface area contributed by atoms with Crippen LogP contribution < -0.4 is 4.74 Å². The largest absolute Gasteiger partial charge is 0.461 e. The molecule has 0 aliphatic carbocycles. The minimum atomic E-state index is -0.235. The van der Waals surface area contributed by atoms with Gasteiger partial charge in [-0.2, -0.15) is 0 Å². The zero-order valence-electron chi connectivity index (χ0n) is 11.3. The summed E-state index contributed by atoms with van der Waals surface area (Å²) in [6.07, 6.45) is 0. The number of rotatable bonds is 1. The topological polar surface area (TPSA) is 9.23 Å². The zero-order valence-corrected chi connectivity index (χ0v) is 11.3. The number of benzene rings is 3. The van der Waals surface area contributed by atoms with Crippen LogP contribution in [0.25, 0.3) is 10.8 Å². The van der Waals surface area contributed by atoms with E-state index in [0.717, 1.165) is 22.3 Å². The lowest BCUT2D eigenvalue weighted by Gasteiger charge is -2.12. The van der Waals surface area contributed by atoms with Gasteiger partial charge in [-0.15, -0.1) is 0 Å². The van der Waals surface area contributed by atoms with Crippen LogP contribution in [0.1, 0.15) is 17.0 Å². The number of hydrogen-bond acceptors (Lipinski definition) is 1. The fraction of sp³-hybridized carbons (Fsp3) is 0.0526. The number of halogens is 1. The molecule has 3 aromatic rings. The second-order valence-electron chi connectivity index (χ2n) is 5.25. The Morgan fingerprint density at radius 1 is 0.905 bits per heavy atom. The van der Waals surface area contributed by atoms with E-state index in [2.05, 4.69) is 24.8 Å². The highest BCUT2D eigenvalue weighted by molar-refractivity contribution is 5.90. The van der Waals surface area contributed by atoms with Gasteiger partial charge in [-0.05, 0) is 34.5 Å². The molecule has 0 saturated carbocycles. The third-order valence-electron chi connectivity index (χ3n) is 3.99. The number of allylic oxidation sites excluding steroid dienone is 1. The van der Waals surface area contributed by atoms with Crippen molar-refractivity contribution in [1.29, 1.82) is 0 Å². The number of hydrogen-bond donors (Lipinski definition) is 0. The highest BCUT2D eigenvalue weighted by atomic mass is 19.1. The highest BCUT2D eigenvalue weighted by Gasteiger charge is 2.31. The first-order valence-electron chi connectivity index (χ1n) is 6.88. The fourth-order valence-electron chi connectivity index (χ4n) is 3.03. The smallest absolute Gasteiger partial charge is 0.131 e. The molecule has 0 radical (unpaired) electrons. The van der Waals surface area contributed by atoms with Gasteiger partial charge in [0.05, 0.1) is 5.92 Å². The molecule has 4 rings (SSSR count). The minimum Gasteiger partial charge on any atom is -0.461 e. The van der Waals surface area contributed by atoms with E-state index in [9.17, 15) is 4.39 Å². The van der Waals surface area contributed by atoms with Crippen molar-refractivity contribution in [1.82, 2.24) is 0 Å². The molecule has 1 heterocycles. The molecule has 0 fully saturated rings. The van der Waals surface area contributed by atoms with Crippen LogP contribution in [0.4, 0.5) is 4.39 Å². The number of fused-ring (bicyclic) bond motifs is 3. The second kappa shape index (κ2) is 4.45. The summed E-state index contributed by atoms with van der Waals surface area (Å²) in [7, 11) is 0. The van der Waals surface area contributed by atoms with Gasteiger partial charge >= 0.3 is 0 Å². The lowest BCUT2D eigenvalue weighted by molar-refractivity contribution is 0.439. The Balaban J connectivity index is 1.98. The van der Waals surface area contributed by atoms with Gasteiger partial charge in [-0.1, -0.05) is 49.0 Å². The van der Waals surface area contributed by atoms with Crippen molar-refractivity contribution in [2.75, 3.05) is 0 Å². The lowest BCUT2D eigenvalue weighted by Crippen LogP contribution is -2.00. The van der Waals surface area contributed by atoms with Crippen LogP contribution in [0.5, 0.6) is 5.75 Å². The van der Waals surface area contributed by atoms with E-state index >= 15 is 0 Å². The molecule has 1 unspecified atom stereocenters. The molecule has 2 heteroatoms. The predicted octanol–water partition coefficient (Wildman–Crippen LogP) is 5.02. The molecule has 0 amide bonds. The van der Waals surface area contributed by atoms with Crippen LogP contribution in [-0.2, 0) is 0 Å². The van der Waals surface area contributed by atoms with E-state index in [1.807, 2.05) is 18.2 Å². The Morgan fingerprint density at radius 3 is 2.48 bits per heavy atom. The first kappa shape index (κ1) is 12.2. The van der Waals surface area contributed by atoms with Crippen molar-refractivity contribution in [3.8, 4) is 5.75 Å². The van der Waals surface area contributed by atoms with E-state index in [-0.39, 0.29) is 11.7 Å². The standard InChI is InChI=1S/C19H13FO/c1-12-18(14-6-9-15(20)10-7-14)19-16-5-3-2-4-13(16)8-11-17(19)21-12/h2-11,18H,1H2. The average molecular weight is 276 g/mol. The summed E-state index contributed by atoms with van der Waals surface area (Å²) in [5, 5.41) is 2.32. The molecule has 1 nitrogen and oxygen atoms in total. The molecule has 1 atom stereocenters. The van der Waals surface area contributed by atoms with Crippen LogP contribution in [0.3, 0.4) is 0 Å². The molecule has 0 spiro atoms. The summed E-state index contributed by atoms with van der Waals surface area (Å²) in [5.41, 5.74) is 2.11. The average Bonchev–Trinajstić information content (AvgIpc) is 2.85. The molecule has 3 aromatic carbocycles. The van der Waals surface area contributed by atoms with Crippen molar-refractivity contribution < 1.29 is 9.13 Å². The van der Waals surface area contributed by atoms with Crippen LogP contribution in [0, 0.1) is 5.82 Å². The Kier molecular flexibility index (Phi) is 2.58. The van der Waals surface area contributed by atoms with E-state index in [1.165, 1.54) is 17.5 Å². The summed E-state index contributed by atoms with van der Waals surface area (Å²) < 4.78 is 19.0. The third-order valence-corrected chi connectivity index (χ3v) is 3.99. The van der Waals surface area contributed by atoms with E-state index in [0.29, 0.717) is 5.76 Å². The van der Waals surface area contributed by atoms with Crippen LogP contribution in [0.2, 0.25) is 0 Å². The maximum Gasteiger partial charge on any atom is 0.131 e. The molecule has 0 N–H and O–H groups in total. The van der Waals surface area contributed by atoms with Gasteiger partial charge in [-0.25, -0.2) is 4.39 Å². The Labute approximate surface area is 122 Å². The van der Waals surface area contributed by atoms with Crippen molar-refractivity contribution in [3.05, 3.63) is 89.9 Å². The quantitative estimate of drug-likeness (QED) is 0.606. The van der Waals surface area contributed by atoms with Crippen molar-refractivity contribution in [3.63, 3.8) is 0 Å². The summed E-state index contributed by atoms with van der Waals surface area (Å²) in [5.74, 6) is 1.24. The summed E-state index contributed by atoms with van der Waals surface area (Å²) in [4.78, 5) is 0. The molecule has 1 aliphatic rings. The van der Waals surface area contributed by atoms with Crippen LogP contribution >= 0.6 is 0 Å². The molecule has 0 bridgehead atoms. The molecule has 0 aromatic heterocycles. The predicted molar refractivity (Wildman–Crippen MR) is 82.0 cm³/mol. The van der Waals surface area contributed by atoms with Gasteiger partial charge in [0.2, 0.25) is 0 Å². The summed E-state index contributed by atoms with van der Waals surface area (Å²) in [6, 6.07) is 18.8. The summed E-state index contributed by atoms with van der Waals surface area (Å²) >= 11 is 0. The van der Waals surface area contributed by atoms with Gasteiger partial charge in [0.15, 0.2) is 0 Å². The Hall–Kier alpha value is -2.61. The third kappa shape index (κ3) is 1.83. The van der Waals surface area contributed by atoms with Crippen molar-refractivity contribution in [2.45, 2.75) is 5.92 Å². The first-order valence-corrected chi connectivity index (χ1v) is 6.88. The van der Waals surface area contributed by atoms with Crippen molar-refractivity contribution in [2.24, 2.45) is 0 Å². The van der Waals surface area contributed by atoms with Gasteiger partial charge in [0.25, 0.3) is 0 Å². The summed E-state index contributed by atoms with van der Waals surface area (Å²) in [6.45, 7) is 4.04. The molecular weight excluding hydrogens is 263 g/mol. The van der Waals surface area contributed by atoms with Gasteiger partial charge in [0.1, 0.15) is 17.3 Å². The van der Waals surface area contributed by atoms with E-state index in [1.54, 1.807) is 12.1 Å². The first-order chi connectivity index (χ1) is 10.2. The molecular formula is C19H13FO. The normalized spacial score (nSPS) is 16.8. The van der Waals surface area contributed by atoms with Crippen LogP contribution in [0.15, 0.2) is 73.0 Å². The fourth-order valence-corrected chi connectivity index (χ4v) is 3.03. The van der Waals surface area contributed by atoms with Gasteiger partial charge in [-0.3, -0.25) is 0 Å². The maximum atomic E-state index is 13.2. The number of ether oxygens (including phenoxy) is 1. The molecule has 102 valence electrons. The molecule has 0 saturated heterocycles. The molecule has 1 aliphatic heterocycles. The van der Waals surface area contributed by atoms with E-state index in [4.69, 9.17) is 4.74 Å². The van der Waals surface area contributed by atoms with Crippen LogP contribution in [-0.4, -0.2) is 0 Å².